The summed E-state index contributed by atoms with van der Waals surface area (Å²) in [5.74, 6) is -0.928. The highest BCUT2D eigenvalue weighted by molar-refractivity contribution is 6.08. The maximum Gasteiger partial charge on any atom is 0.326 e. The first-order chi connectivity index (χ1) is 13.1. The molecular weight excluding hydrogens is 346 g/mol. The number of hydrogen-bond acceptors (Lipinski definition) is 5. The first-order valence-electron chi connectivity index (χ1n) is 9.33. The molecule has 27 heavy (non-hydrogen) atoms. The normalized spacial score (nSPS) is 35.0. The molecule has 6 atom stereocenters. The molecule has 2 amide bonds. The molecule has 0 N–H and O–H groups in total. The summed E-state index contributed by atoms with van der Waals surface area (Å²) in [6.45, 7) is -0.815. The van der Waals surface area contributed by atoms with Gasteiger partial charge in [-0.3, -0.25) is 24.1 Å². The van der Waals surface area contributed by atoms with Crippen LogP contribution < -0.4 is 0 Å². The average molecular weight is 365 g/mol. The Balaban J connectivity index is 1.23. The van der Waals surface area contributed by atoms with Gasteiger partial charge in [-0.25, -0.2) is 0 Å². The van der Waals surface area contributed by atoms with Crippen molar-refractivity contribution in [1.82, 2.24) is 4.90 Å². The van der Waals surface area contributed by atoms with Gasteiger partial charge in [-0.2, -0.15) is 0 Å². The van der Waals surface area contributed by atoms with Gasteiger partial charge in [0.1, 0.15) is 6.54 Å². The summed E-state index contributed by atoms with van der Waals surface area (Å²) in [6.07, 6.45) is 5.27. The predicted molar refractivity (Wildman–Crippen MR) is 93.1 cm³/mol. The molecule has 1 aromatic carbocycles. The van der Waals surface area contributed by atoms with Crippen molar-refractivity contribution in [2.75, 3.05) is 13.2 Å². The van der Waals surface area contributed by atoms with Gasteiger partial charge in [0.25, 0.3) is 0 Å². The lowest BCUT2D eigenvalue weighted by Crippen LogP contribution is -2.40. The summed E-state index contributed by atoms with van der Waals surface area (Å²) < 4.78 is 5.02. The monoisotopic (exact) mass is 365 g/mol. The van der Waals surface area contributed by atoms with Gasteiger partial charge >= 0.3 is 5.97 Å². The lowest BCUT2D eigenvalue weighted by molar-refractivity contribution is -0.152. The molecule has 2 saturated carbocycles. The SMILES string of the molecule is O=C(CN1C(=O)[C@H]2[C@@H]3C=C[C@H]([C@H]4C[C@H]34)[C@@H]2C1=O)OCC(=O)c1ccccc1. The molecule has 2 bridgehead atoms. The van der Waals surface area contributed by atoms with E-state index in [0.717, 1.165) is 11.3 Å². The number of allylic oxidation sites excluding steroid dienone is 2. The molecule has 0 unspecified atom stereocenters. The first kappa shape index (κ1) is 16.4. The number of esters is 1. The van der Waals surface area contributed by atoms with Crippen molar-refractivity contribution in [2.24, 2.45) is 35.5 Å². The van der Waals surface area contributed by atoms with Crippen molar-refractivity contribution in [3.05, 3.63) is 48.0 Å². The lowest BCUT2D eigenvalue weighted by atomic mass is 9.63. The highest BCUT2D eigenvalue weighted by Gasteiger charge is 2.67. The summed E-state index contributed by atoms with van der Waals surface area (Å²) in [4.78, 5) is 50.8. The quantitative estimate of drug-likeness (QED) is 0.342. The fraction of sp³-hybridized carbons (Fsp3) is 0.429. The smallest absolute Gasteiger partial charge is 0.326 e. The third kappa shape index (κ3) is 2.46. The summed E-state index contributed by atoms with van der Waals surface area (Å²) >= 11 is 0. The zero-order chi connectivity index (χ0) is 18.7. The van der Waals surface area contributed by atoms with Crippen LogP contribution in [0.25, 0.3) is 0 Å². The molecule has 0 radical (unpaired) electrons. The van der Waals surface area contributed by atoms with Crippen LogP contribution in [0.4, 0.5) is 0 Å². The van der Waals surface area contributed by atoms with Gasteiger partial charge in [-0.05, 0) is 30.1 Å². The lowest BCUT2D eigenvalue weighted by Gasteiger charge is -2.37. The molecule has 1 heterocycles. The minimum absolute atomic E-state index is 0.127. The van der Waals surface area contributed by atoms with Crippen molar-refractivity contribution < 1.29 is 23.9 Å². The van der Waals surface area contributed by atoms with E-state index in [9.17, 15) is 19.2 Å². The number of carbonyl (C=O) groups is 4. The number of imide groups is 1. The number of ether oxygens (including phenoxy) is 1. The number of amides is 2. The summed E-state index contributed by atoms with van der Waals surface area (Å²) in [5.41, 5.74) is 0.450. The van der Waals surface area contributed by atoms with Gasteiger partial charge in [0.05, 0.1) is 11.8 Å². The van der Waals surface area contributed by atoms with Crippen LogP contribution >= 0.6 is 0 Å². The molecule has 3 fully saturated rings. The van der Waals surface area contributed by atoms with Crippen LogP contribution in [0.3, 0.4) is 0 Å². The van der Waals surface area contributed by atoms with Crippen molar-refractivity contribution >= 4 is 23.6 Å². The van der Waals surface area contributed by atoms with E-state index in [-0.39, 0.29) is 41.3 Å². The maximum absolute atomic E-state index is 12.8. The van der Waals surface area contributed by atoms with E-state index in [4.69, 9.17) is 4.74 Å². The van der Waals surface area contributed by atoms with Crippen LogP contribution in [-0.4, -0.2) is 41.6 Å². The highest BCUT2D eigenvalue weighted by atomic mass is 16.5. The fourth-order valence-corrected chi connectivity index (χ4v) is 5.20. The molecule has 4 aliphatic carbocycles. The number of carbonyl (C=O) groups excluding carboxylic acids is 4. The third-order valence-corrected chi connectivity index (χ3v) is 6.50. The number of hydrogen-bond donors (Lipinski definition) is 0. The Kier molecular flexibility index (Phi) is 3.57. The van der Waals surface area contributed by atoms with Gasteiger partial charge < -0.3 is 4.74 Å². The third-order valence-electron chi connectivity index (χ3n) is 6.50. The topological polar surface area (TPSA) is 80.8 Å². The van der Waals surface area contributed by atoms with Gasteiger partial charge in [-0.15, -0.1) is 0 Å². The zero-order valence-corrected chi connectivity index (χ0v) is 14.6. The van der Waals surface area contributed by atoms with E-state index >= 15 is 0 Å². The minimum atomic E-state index is -0.731. The molecule has 6 rings (SSSR count). The Morgan fingerprint density at radius 2 is 1.56 bits per heavy atom. The predicted octanol–water partition coefficient (Wildman–Crippen LogP) is 1.47. The number of ketones is 1. The number of Topliss-reactive ketones (excluding diaryl/α,β-unsaturated/α-hetero) is 1. The highest BCUT2D eigenvalue weighted by Crippen LogP contribution is 2.65. The molecule has 6 nitrogen and oxygen atoms in total. The van der Waals surface area contributed by atoms with E-state index in [1.165, 1.54) is 0 Å². The number of rotatable bonds is 5. The van der Waals surface area contributed by atoms with Crippen LogP contribution in [0.5, 0.6) is 0 Å². The number of likely N-dealkylation sites (tertiary alicyclic amines) is 1. The largest absolute Gasteiger partial charge is 0.456 e. The van der Waals surface area contributed by atoms with Crippen LogP contribution in [0.2, 0.25) is 0 Å². The Labute approximate surface area is 156 Å². The van der Waals surface area contributed by atoms with Gasteiger partial charge in [0.2, 0.25) is 11.8 Å². The molecule has 1 aliphatic heterocycles. The van der Waals surface area contributed by atoms with Crippen LogP contribution in [0.15, 0.2) is 42.5 Å². The van der Waals surface area contributed by atoms with Crippen molar-refractivity contribution in [3.8, 4) is 0 Å². The Hall–Kier alpha value is -2.76. The Morgan fingerprint density at radius 1 is 0.963 bits per heavy atom. The summed E-state index contributed by atoms with van der Waals surface area (Å²) in [7, 11) is 0. The second-order valence-electron chi connectivity index (χ2n) is 7.87. The van der Waals surface area contributed by atoms with Crippen molar-refractivity contribution in [1.29, 1.82) is 0 Å². The number of benzene rings is 1. The molecule has 0 spiro atoms. The minimum Gasteiger partial charge on any atom is -0.456 e. The Morgan fingerprint density at radius 3 is 2.15 bits per heavy atom. The molecule has 0 aromatic heterocycles. The molecule has 1 saturated heterocycles. The van der Waals surface area contributed by atoms with Crippen LogP contribution in [0.1, 0.15) is 16.8 Å². The van der Waals surface area contributed by atoms with Gasteiger partial charge in [0.15, 0.2) is 12.4 Å². The van der Waals surface area contributed by atoms with E-state index in [2.05, 4.69) is 12.2 Å². The maximum atomic E-state index is 12.8. The van der Waals surface area contributed by atoms with Crippen LogP contribution in [0, 0.1) is 35.5 Å². The number of nitrogens with zero attached hydrogens (tertiary/aromatic N) is 1. The zero-order valence-electron chi connectivity index (χ0n) is 14.6. The van der Waals surface area contributed by atoms with Crippen LogP contribution in [-0.2, 0) is 19.1 Å². The fourth-order valence-electron chi connectivity index (χ4n) is 5.20. The van der Waals surface area contributed by atoms with E-state index in [0.29, 0.717) is 17.4 Å². The first-order valence-corrected chi connectivity index (χ1v) is 9.33. The summed E-state index contributed by atoms with van der Waals surface area (Å²) in [6, 6.07) is 8.53. The van der Waals surface area contributed by atoms with Gasteiger partial charge in [0, 0.05) is 5.56 Å². The molecular formula is C21H19NO5. The average Bonchev–Trinajstić information content (AvgIpc) is 3.48. The van der Waals surface area contributed by atoms with E-state index in [1.807, 2.05) is 0 Å². The second-order valence-corrected chi connectivity index (χ2v) is 7.87. The van der Waals surface area contributed by atoms with Crippen molar-refractivity contribution in [2.45, 2.75) is 6.42 Å². The van der Waals surface area contributed by atoms with Crippen molar-refractivity contribution in [3.63, 3.8) is 0 Å². The standard InChI is InChI=1S/C21H19NO5/c23-16(11-4-2-1-3-5-11)10-27-17(24)9-22-20(25)18-12-6-7-13(15-8-14(12)15)19(18)21(22)26/h1-7,12-15,18-19H,8-10H2/t12-,13-,14-,15-,18+,19+/m1/s1. The van der Waals surface area contributed by atoms with E-state index in [1.54, 1.807) is 30.3 Å². The molecule has 138 valence electrons. The molecule has 5 aliphatic rings. The molecule has 6 heteroatoms. The Bertz CT molecular complexity index is 840. The van der Waals surface area contributed by atoms with E-state index < -0.39 is 19.1 Å². The molecule has 1 aromatic rings. The van der Waals surface area contributed by atoms with Gasteiger partial charge in [-0.1, -0.05) is 42.5 Å². The summed E-state index contributed by atoms with van der Waals surface area (Å²) in [5, 5.41) is 0. The second kappa shape index (κ2) is 5.87.